The zero-order valence-corrected chi connectivity index (χ0v) is 12.4. The van der Waals surface area contributed by atoms with Gasteiger partial charge in [-0.15, -0.1) is 11.6 Å². The summed E-state index contributed by atoms with van der Waals surface area (Å²) in [5, 5.41) is -0.394. The lowest BCUT2D eigenvalue weighted by atomic mass is 10.2. The summed E-state index contributed by atoms with van der Waals surface area (Å²) >= 11 is 6.12. The van der Waals surface area contributed by atoms with Crippen LogP contribution in [0.25, 0.3) is 11.0 Å². The number of rotatable bonds is 5. The van der Waals surface area contributed by atoms with E-state index in [2.05, 4.69) is 4.98 Å². The van der Waals surface area contributed by atoms with E-state index >= 15 is 0 Å². The number of hydrogen-bond donors (Lipinski definition) is 0. The molecule has 20 heavy (non-hydrogen) atoms. The zero-order valence-electron chi connectivity index (χ0n) is 11.7. The van der Waals surface area contributed by atoms with Crippen LogP contribution in [0.5, 0.6) is 0 Å². The summed E-state index contributed by atoms with van der Waals surface area (Å²) in [6, 6.07) is 2.46. The van der Waals surface area contributed by atoms with Crippen LogP contribution < -0.4 is 0 Å². The number of methoxy groups -OCH3 is 1. The molecule has 0 amide bonds. The highest BCUT2D eigenvalue weighted by Crippen LogP contribution is 2.31. The zero-order chi connectivity index (χ0) is 14.9. The van der Waals surface area contributed by atoms with Crippen molar-refractivity contribution in [1.29, 1.82) is 0 Å². The third kappa shape index (κ3) is 2.65. The number of halogens is 3. The molecule has 3 nitrogen and oxygen atoms in total. The quantitative estimate of drug-likeness (QED) is 0.774. The molecule has 0 N–H and O–H groups in total. The van der Waals surface area contributed by atoms with Gasteiger partial charge in [-0.2, -0.15) is 0 Å². The molecule has 0 spiro atoms. The highest BCUT2D eigenvalue weighted by Gasteiger charge is 2.22. The lowest BCUT2D eigenvalue weighted by molar-refractivity contribution is 0.181. The molecule has 2 rings (SSSR count). The Morgan fingerprint density at radius 2 is 2.05 bits per heavy atom. The maximum absolute atomic E-state index is 14.1. The maximum atomic E-state index is 14.1. The summed E-state index contributed by atoms with van der Waals surface area (Å²) in [5.41, 5.74) is 0.576. The Labute approximate surface area is 121 Å². The SMILES string of the molecule is COCCC(C)n1c(C(C)Cl)nc2ccc(F)c(F)c21. The fraction of sp³-hybridized carbons (Fsp3) is 0.500. The van der Waals surface area contributed by atoms with Gasteiger partial charge in [0.25, 0.3) is 0 Å². The van der Waals surface area contributed by atoms with E-state index in [1.807, 2.05) is 6.92 Å². The van der Waals surface area contributed by atoms with Gasteiger partial charge in [0.2, 0.25) is 0 Å². The van der Waals surface area contributed by atoms with Gasteiger partial charge in [0, 0.05) is 19.8 Å². The van der Waals surface area contributed by atoms with Crippen LogP contribution in [0, 0.1) is 11.6 Å². The molecule has 0 radical (unpaired) electrons. The van der Waals surface area contributed by atoms with Crippen LogP contribution in [0.1, 0.15) is 37.5 Å². The van der Waals surface area contributed by atoms with Crippen molar-refractivity contribution in [2.24, 2.45) is 0 Å². The van der Waals surface area contributed by atoms with E-state index < -0.39 is 17.0 Å². The predicted octanol–water partition coefficient (Wildman–Crippen LogP) is 4.21. The molecule has 2 aromatic rings. The smallest absolute Gasteiger partial charge is 0.184 e. The number of fused-ring (bicyclic) bond motifs is 1. The molecular formula is C14H17ClF2N2O. The molecular weight excluding hydrogens is 286 g/mol. The Hall–Kier alpha value is -1.20. The topological polar surface area (TPSA) is 27.1 Å². The number of ether oxygens (including phenoxy) is 1. The minimum atomic E-state index is -0.886. The predicted molar refractivity (Wildman–Crippen MR) is 75.1 cm³/mol. The summed E-state index contributed by atoms with van der Waals surface area (Å²) < 4.78 is 34.3. The Morgan fingerprint density at radius 1 is 1.35 bits per heavy atom. The molecule has 2 atom stereocenters. The van der Waals surface area contributed by atoms with Crippen molar-refractivity contribution in [3.05, 3.63) is 29.6 Å². The number of hydrogen-bond acceptors (Lipinski definition) is 2. The van der Waals surface area contributed by atoms with Crippen LogP contribution in [0.15, 0.2) is 12.1 Å². The second-order valence-electron chi connectivity index (χ2n) is 4.82. The summed E-state index contributed by atoms with van der Waals surface area (Å²) in [6.45, 7) is 4.19. The molecule has 2 unspecified atom stereocenters. The minimum Gasteiger partial charge on any atom is -0.385 e. The summed E-state index contributed by atoms with van der Waals surface area (Å²) in [7, 11) is 1.60. The molecule has 110 valence electrons. The highest BCUT2D eigenvalue weighted by atomic mass is 35.5. The fourth-order valence-corrected chi connectivity index (χ4v) is 2.44. The monoisotopic (exact) mass is 302 g/mol. The van der Waals surface area contributed by atoms with E-state index in [4.69, 9.17) is 16.3 Å². The first-order valence-corrected chi connectivity index (χ1v) is 6.89. The van der Waals surface area contributed by atoms with Crippen molar-refractivity contribution in [3.8, 4) is 0 Å². The van der Waals surface area contributed by atoms with Crippen LogP contribution in [0.2, 0.25) is 0 Å². The van der Waals surface area contributed by atoms with Crippen LogP contribution in [-0.4, -0.2) is 23.3 Å². The van der Waals surface area contributed by atoms with Crippen molar-refractivity contribution in [2.45, 2.75) is 31.7 Å². The van der Waals surface area contributed by atoms with Crippen LogP contribution in [0.3, 0.4) is 0 Å². The second-order valence-corrected chi connectivity index (χ2v) is 5.47. The van der Waals surface area contributed by atoms with Gasteiger partial charge in [-0.25, -0.2) is 13.8 Å². The Morgan fingerprint density at radius 3 is 2.65 bits per heavy atom. The van der Waals surface area contributed by atoms with E-state index in [-0.39, 0.29) is 11.6 Å². The van der Waals surface area contributed by atoms with E-state index in [1.165, 1.54) is 6.07 Å². The third-order valence-corrected chi connectivity index (χ3v) is 3.50. The maximum Gasteiger partial charge on any atom is 0.184 e. The lowest BCUT2D eigenvalue weighted by Crippen LogP contribution is -2.13. The lowest BCUT2D eigenvalue weighted by Gasteiger charge is -2.18. The molecule has 0 bridgehead atoms. The van der Waals surface area contributed by atoms with Crippen molar-refractivity contribution in [2.75, 3.05) is 13.7 Å². The fourth-order valence-electron chi connectivity index (χ4n) is 2.29. The molecule has 1 aromatic heterocycles. The first-order chi connectivity index (χ1) is 9.47. The first-order valence-electron chi connectivity index (χ1n) is 6.46. The number of imidazole rings is 1. The highest BCUT2D eigenvalue weighted by molar-refractivity contribution is 6.20. The van der Waals surface area contributed by atoms with Gasteiger partial charge in [-0.05, 0) is 32.4 Å². The van der Waals surface area contributed by atoms with Gasteiger partial charge in [0.05, 0.1) is 10.9 Å². The Balaban J connectivity index is 2.63. The average Bonchev–Trinajstić information content (AvgIpc) is 2.80. The first kappa shape index (κ1) is 15.2. The number of nitrogens with zero attached hydrogens (tertiary/aromatic N) is 2. The van der Waals surface area contributed by atoms with Gasteiger partial charge in [0.15, 0.2) is 11.6 Å². The second kappa shape index (κ2) is 6.06. The summed E-state index contributed by atoms with van der Waals surface area (Å²) in [5.74, 6) is -1.23. The molecule has 0 fully saturated rings. The summed E-state index contributed by atoms with van der Waals surface area (Å²) in [6.07, 6.45) is 0.661. The number of aromatic nitrogens is 2. The molecule has 0 saturated heterocycles. The van der Waals surface area contributed by atoms with Crippen LogP contribution >= 0.6 is 11.6 Å². The van der Waals surface area contributed by atoms with Gasteiger partial charge in [0.1, 0.15) is 11.3 Å². The van der Waals surface area contributed by atoms with Crippen molar-refractivity contribution >= 4 is 22.6 Å². The molecule has 0 saturated carbocycles. The van der Waals surface area contributed by atoms with Crippen molar-refractivity contribution in [1.82, 2.24) is 9.55 Å². The average molecular weight is 303 g/mol. The molecule has 1 heterocycles. The van der Waals surface area contributed by atoms with E-state index in [9.17, 15) is 8.78 Å². The standard InChI is InChI=1S/C14H17ClF2N2O/c1-8(6-7-20-3)19-13-11(18-14(19)9(2)15)5-4-10(16)12(13)17/h4-5,8-9H,6-7H2,1-3H3. The van der Waals surface area contributed by atoms with E-state index in [0.717, 1.165) is 6.07 Å². The number of benzene rings is 1. The molecule has 6 heteroatoms. The van der Waals surface area contributed by atoms with Crippen molar-refractivity contribution < 1.29 is 13.5 Å². The van der Waals surface area contributed by atoms with E-state index in [0.29, 0.717) is 24.4 Å². The molecule has 1 aromatic carbocycles. The van der Waals surface area contributed by atoms with Crippen molar-refractivity contribution in [3.63, 3.8) is 0 Å². The largest absolute Gasteiger partial charge is 0.385 e. The molecule has 0 aliphatic heterocycles. The van der Waals surface area contributed by atoms with E-state index in [1.54, 1.807) is 18.6 Å². The van der Waals surface area contributed by atoms with Gasteiger partial charge in [-0.3, -0.25) is 0 Å². The van der Waals surface area contributed by atoms with Crippen LogP contribution in [0.4, 0.5) is 8.78 Å². The van der Waals surface area contributed by atoms with Crippen LogP contribution in [-0.2, 0) is 4.74 Å². The minimum absolute atomic E-state index is 0.0903. The Kier molecular flexibility index (Phi) is 4.60. The normalized spacial score (nSPS) is 14.7. The number of alkyl halides is 1. The Bertz CT molecular complexity index is 613. The van der Waals surface area contributed by atoms with Gasteiger partial charge < -0.3 is 9.30 Å². The third-order valence-electron chi connectivity index (χ3n) is 3.31. The molecule has 0 aliphatic carbocycles. The molecule has 0 aliphatic rings. The van der Waals surface area contributed by atoms with Gasteiger partial charge in [-0.1, -0.05) is 0 Å². The summed E-state index contributed by atoms with van der Waals surface area (Å²) in [4.78, 5) is 4.33. The van der Waals surface area contributed by atoms with Gasteiger partial charge >= 0.3 is 0 Å².